The maximum atomic E-state index is 12.2. The molecule has 1 amide bonds. The minimum absolute atomic E-state index is 0.149. The highest BCUT2D eigenvalue weighted by Gasteiger charge is 2.20. The Morgan fingerprint density at radius 3 is 2.79 bits per heavy atom. The molecule has 0 aliphatic carbocycles. The van der Waals surface area contributed by atoms with Crippen LogP contribution in [-0.4, -0.2) is 31.1 Å². The molecule has 0 radical (unpaired) electrons. The molecular weight excluding hydrogens is 348 g/mol. The van der Waals surface area contributed by atoms with Crippen molar-refractivity contribution in [1.29, 1.82) is 0 Å². The van der Waals surface area contributed by atoms with Crippen LogP contribution in [-0.2, 0) is 21.2 Å². The summed E-state index contributed by atoms with van der Waals surface area (Å²) in [6, 6.07) is 8.12. The minimum atomic E-state index is -3.70. The SMILES string of the molecule is CCC(=O)Nc1nnc(S(=O)(=O)NCCCc2cccc(C)c2)s1. The van der Waals surface area contributed by atoms with Crippen molar-refractivity contribution in [2.24, 2.45) is 0 Å². The number of nitrogens with zero attached hydrogens (tertiary/aromatic N) is 2. The van der Waals surface area contributed by atoms with E-state index in [1.165, 1.54) is 11.1 Å². The fourth-order valence-corrected chi connectivity index (χ4v) is 4.04. The summed E-state index contributed by atoms with van der Waals surface area (Å²) in [5.74, 6) is -0.235. The molecule has 0 aliphatic heterocycles. The van der Waals surface area contributed by atoms with Crippen molar-refractivity contribution < 1.29 is 13.2 Å². The van der Waals surface area contributed by atoms with E-state index in [4.69, 9.17) is 0 Å². The van der Waals surface area contributed by atoms with Crippen LogP contribution in [0.15, 0.2) is 28.6 Å². The second-order valence-corrected chi connectivity index (χ2v) is 8.18. The van der Waals surface area contributed by atoms with Gasteiger partial charge in [0, 0.05) is 13.0 Å². The Balaban J connectivity index is 1.86. The van der Waals surface area contributed by atoms with E-state index in [9.17, 15) is 13.2 Å². The maximum absolute atomic E-state index is 12.2. The first-order chi connectivity index (χ1) is 11.4. The largest absolute Gasteiger partial charge is 0.301 e. The Kier molecular flexibility index (Phi) is 6.41. The lowest BCUT2D eigenvalue weighted by Crippen LogP contribution is -2.25. The number of benzene rings is 1. The molecule has 0 unspecified atom stereocenters. The quantitative estimate of drug-likeness (QED) is 0.549. The van der Waals surface area contributed by atoms with Crippen molar-refractivity contribution in [3.63, 3.8) is 0 Å². The number of carbonyl (C=O) groups excluding carboxylic acids is 1. The van der Waals surface area contributed by atoms with Crippen molar-refractivity contribution in [2.75, 3.05) is 11.9 Å². The smallest absolute Gasteiger partial charge is 0.269 e. The number of aromatic nitrogens is 2. The van der Waals surface area contributed by atoms with Crippen LogP contribution in [0.25, 0.3) is 0 Å². The lowest BCUT2D eigenvalue weighted by molar-refractivity contribution is -0.115. The van der Waals surface area contributed by atoms with E-state index in [-0.39, 0.29) is 15.4 Å². The fraction of sp³-hybridized carbons (Fsp3) is 0.400. The highest BCUT2D eigenvalue weighted by molar-refractivity contribution is 7.91. The summed E-state index contributed by atoms with van der Waals surface area (Å²) < 4.78 is 26.7. The van der Waals surface area contributed by atoms with E-state index < -0.39 is 10.0 Å². The third-order valence-corrected chi connectivity index (χ3v) is 5.89. The van der Waals surface area contributed by atoms with E-state index in [0.29, 0.717) is 19.4 Å². The van der Waals surface area contributed by atoms with E-state index in [1.54, 1.807) is 6.92 Å². The first-order valence-corrected chi connectivity index (χ1v) is 9.89. The summed E-state index contributed by atoms with van der Waals surface area (Å²) >= 11 is 0.835. The van der Waals surface area contributed by atoms with Crippen LogP contribution < -0.4 is 10.0 Å². The summed E-state index contributed by atoms with van der Waals surface area (Å²) in [5, 5.41) is 9.97. The molecule has 0 fully saturated rings. The van der Waals surface area contributed by atoms with Crippen LogP contribution in [0.5, 0.6) is 0 Å². The molecule has 0 atom stereocenters. The van der Waals surface area contributed by atoms with Crippen molar-refractivity contribution in [3.8, 4) is 0 Å². The molecule has 1 heterocycles. The Bertz CT molecular complexity index is 803. The number of hydrogen-bond donors (Lipinski definition) is 2. The predicted octanol–water partition coefficient (Wildman–Crippen LogP) is 2.11. The standard InChI is InChI=1S/C15H20N4O3S2/c1-3-13(20)17-14-18-19-15(23-14)24(21,22)16-9-5-8-12-7-4-6-11(2)10-12/h4,6-7,10,16H,3,5,8-9H2,1-2H3,(H,17,18,20). The summed E-state index contributed by atoms with van der Waals surface area (Å²) in [6.45, 7) is 4.03. The van der Waals surface area contributed by atoms with Gasteiger partial charge in [0.05, 0.1) is 0 Å². The van der Waals surface area contributed by atoms with Crippen LogP contribution in [0.3, 0.4) is 0 Å². The van der Waals surface area contributed by atoms with Gasteiger partial charge in [-0.1, -0.05) is 48.1 Å². The summed E-state index contributed by atoms with van der Waals surface area (Å²) in [4.78, 5) is 11.3. The number of hydrogen-bond acceptors (Lipinski definition) is 6. The van der Waals surface area contributed by atoms with Crippen LogP contribution in [0.1, 0.15) is 30.9 Å². The highest BCUT2D eigenvalue weighted by Crippen LogP contribution is 2.19. The first-order valence-electron chi connectivity index (χ1n) is 7.59. The zero-order valence-electron chi connectivity index (χ0n) is 13.6. The lowest BCUT2D eigenvalue weighted by atomic mass is 10.1. The molecule has 2 N–H and O–H groups in total. The van der Waals surface area contributed by atoms with Gasteiger partial charge in [0.2, 0.25) is 15.4 Å². The zero-order valence-corrected chi connectivity index (χ0v) is 15.2. The van der Waals surface area contributed by atoms with Gasteiger partial charge in [-0.3, -0.25) is 4.79 Å². The van der Waals surface area contributed by atoms with Crippen molar-refractivity contribution >= 4 is 32.4 Å². The van der Waals surface area contributed by atoms with E-state index >= 15 is 0 Å². The molecule has 1 aromatic carbocycles. The van der Waals surface area contributed by atoms with Gasteiger partial charge in [-0.05, 0) is 25.3 Å². The van der Waals surface area contributed by atoms with Crippen molar-refractivity contribution in [2.45, 2.75) is 37.4 Å². The number of carbonyl (C=O) groups is 1. The number of aryl methyl sites for hydroxylation is 2. The third kappa shape index (κ3) is 5.36. The number of rotatable bonds is 8. The number of anilines is 1. The van der Waals surface area contributed by atoms with Crippen LogP contribution in [0.2, 0.25) is 0 Å². The van der Waals surface area contributed by atoms with Gasteiger partial charge in [0.1, 0.15) is 0 Å². The Morgan fingerprint density at radius 1 is 1.29 bits per heavy atom. The van der Waals surface area contributed by atoms with Gasteiger partial charge in [-0.15, -0.1) is 10.2 Å². The average molecular weight is 368 g/mol. The molecular formula is C15H20N4O3S2. The molecule has 0 spiro atoms. The first kappa shape index (κ1) is 18.5. The molecule has 130 valence electrons. The van der Waals surface area contributed by atoms with Gasteiger partial charge >= 0.3 is 0 Å². The second kappa shape index (κ2) is 8.32. The molecule has 24 heavy (non-hydrogen) atoms. The van der Waals surface area contributed by atoms with Gasteiger partial charge < -0.3 is 5.32 Å². The summed E-state index contributed by atoms with van der Waals surface area (Å²) in [7, 11) is -3.70. The minimum Gasteiger partial charge on any atom is -0.301 e. The van der Waals surface area contributed by atoms with Gasteiger partial charge in [0.25, 0.3) is 10.0 Å². The number of nitrogens with one attached hydrogen (secondary N) is 2. The molecule has 1 aromatic heterocycles. The molecule has 2 aromatic rings. The molecule has 2 rings (SSSR count). The highest BCUT2D eigenvalue weighted by atomic mass is 32.2. The average Bonchev–Trinajstić information content (AvgIpc) is 3.01. The van der Waals surface area contributed by atoms with Crippen LogP contribution >= 0.6 is 11.3 Å². The molecule has 7 nitrogen and oxygen atoms in total. The normalized spacial score (nSPS) is 11.4. The number of sulfonamides is 1. The third-order valence-electron chi connectivity index (χ3n) is 3.22. The Labute approximate surface area is 145 Å². The Morgan fingerprint density at radius 2 is 2.08 bits per heavy atom. The van der Waals surface area contributed by atoms with Gasteiger partial charge in [-0.25, -0.2) is 13.1 Å². The van der Waals surface area contributed by atoms with E-state index in [2.05, 4.69) is 26.3 Å². The van der Waals surface area contributed by atoms with E-state index in [0.717, 1.165) is 17.8 Å². The zero-order chi connectivity index (χ0) is 17.6. The van der Waals surface area contributed by atoms with Crippen molar-refractivity contribution in [1.82, 2.24) is 14.9 Å². The lowest BCUT2D eigenvalue weighted by Gasteiger charge is -2.04. The molecule has 0 aliphatic rings. The molecule has 9 heteroatoms. The molecule has 0 bridgehead atoms. The van der Waals surface area contributed by atoms with Crippen molar-refractivity contribution in [3.05, 3.63) is 35.4 Å². The monoisotopic (exact) mass is 368 g/mol. The second-order valence-electron chi connectivity index (χ2n) is 5.27. The predicted molar refractivity (Wildman–Crippen MR) is 93.5 cm³/mol. The van der Waals surface area contributed by atoms with Gasteiger partial charge in [-0.2, -0.15) is 0 Å². The Hall–Kier alpha value is -1.84. The van der Waals surface area contributed by atoms with Crippen LogP contribution in [0, 0.1) is 6.92 Å². The van der Waals surface area contributed by atoms with Gasteiger partial charge in [0.15, 0.2) is 0 Å². The molecule has 0 saturated carbocycles. The molecule has 0 saturated heterocycles. The van der Waals surface area contributed by atoms with E-state index in [1.807, 2.05) is 25.1 Å². The summed E-state index contributed by atoms with van der Waals surface area (Å²) in [5.41, 5.74) is 2.36. The maximum Gasteiger partial charge on any atom is 0.269 e. The number of amides is 1. The summed E-state index contributed by atoms with van der Waals surface area (Å²) in [6.07, 6.45) is 1.76. The topological polar surface area (TPSA) is 101 Å². The fourth-order valence-electron chi connectivity index (χ4n) is 2.00. The van der Waals surface area contributed by atoms with Crippen LogP contribution in [0.4, 0.5) is 5.13 Å².